The second-order valence-electron chi connectivity index (χ2n) is 2.76. The van der Waals surface area contributed by atoms with Crippen LogP contribution in [0.5, 0.6) is 0 Å². The molecule has 1 aromatic rings. The van der Waals surface area contributed by atoms with Gasteiger partial charge in [-0.3, -0.25) is 4.79 Å². The highest BCUT2D eigenvalue weighted by molar-refractivity contribution is 9.08. The van der Waals surface area contributed by atoms with Gasteiger partial charge in [0, 0.05) is 10.9 Å². The highest BCUT2D eigenvalue weighted by atomic mass is 79.9. The van der Waals surface area contributed by atoms with Gasteiger partial charge in [0.1, 0.15) is 5.82 Å². The van der Waals surface area contributed by atoms with Crippen molar-refractivity contribution in [1.82, 2.24) is 0 Å². The van der Waals surface area contributed by atoms with Crippen molar-refractivity contribution in [1.29, 1.82) is 0 Å². The van der Waals surface area contributed by atoms with E-state index < -0.39 is 5.97 Å². The Kier molecular flexibility index (Phi) is 4.07. The predicted octanol–water partition coefficient (Wildman–Crippen LogP) is 2.44. The van der Waals surface area contributed by atoms with Crippen LogP contribution in [0, 0.1) is 5.82 Å². The van der Waals surface area contributed by atoms with Crippen LogP contribution in [-0.2, 0) is 21.3 Å². The summed E-state index contributed by atoms with van der Waals surface area (Å²) in [5.41, 5.74) is 1.17. The molecule has 0 aliphatic heterocycles. The molecule has 0 fully saturated rings. The minimum atomic E-state index is -0.433. The Labute approximate surface area is 90.2 Å². The molecule has 4 heteroatoms. The Morgan fingerprint density at radius 2 is 2.29 bits per heavy atom. The van der Waals surface area contributed by atoms with E-state index in [0.29, 0.717) is 10.9 Å². The van der Waals surface area contributed by atoms with Gasteiger partial charge in [0.25, 0.3) is 0 Å². The molecule has 0 aromatic heterocycles. The molecule has 0 atom stereocenters. The molecule has 0 aliphatic rings. The van der Waals surface area contributed by atoms with E-state index in [9.17, 15) is 9.18 Å². The molecule has 0 radical (unpaired) electrons. The maximum absolute atomic E-state index is 13.3. The topological polar surface area (TPSA) is 26.3 Å². The number of carbonyl (C=O) groups is 1. The molecule has 2 nitrogen and oxygen atoms in total. The second-order valence-corrected chi connectivity index (χ2v) is 3.32. The zero-order valence-electron chi connectivity index (χ0n) is 7.72. The third kappa shape index (κ3) is 2.54. The number of esters is 1. The number of hydrogen-bond donors (Lipinski definition) is 0. The first-order chi connectivity index (χ1) is 6.69. The zero-order chi connectivity index (χ0) is 10.6. The van der Waals surface area contributed by atoms with Gasteiger partial charge in [-0.15, -0.1) is 0 Å². The maximum atomic E-state index is 13.3. The predicted molar refractivity (Wildman–Crippen MR) is 54.8 cm³/mol. The summed E-state index contributed by atoms with van der Waals surface area (Å²) in [6, 6.07) is 4.73. The van der Waals surface area contributed by atoms with Crippen molar-refractivity contribution in [3.63, 3.8) is 0 Å². The first kappa shape index (κ1) is 11.2. The molecule has 76 valence electrons. The van der Waals surface area contributed by atoms with Crippen LogP contribution in [0.1, 0.15) is 11.1 Å². The smallest absolute Gasteiger partial charge is 0.310 e. The normalized spacial score (nSPS) is 9.93. The van der Waals surface area contributed by atoms with Gasteiger partial charge in [-0.1, -0.05) is 28.1 Å². The molecule has 0 heterocycles. The summed E-state index contributed by atoms with van der Waals surface area (Å²) in [6.45, 7) is 0. The number of methoxy groups -OCH3 is 1. The molecule has 0 bridgehead atoms. The van der Waals surface area contributed by atoms with E-state index in [4.69, 9.17) is 0 Å². The van der Waals surface area contributed by atoms with Gasteiger partial charge >= 0.3 is 5.97 Å². The summed E-state index contributed by atoms with van der Waals surface area (Å²) in [5.74, 6) is -0.801. The average molecular weight is 261 g/mol. The van der Waals surface area contributed by atoms with Crippen molar-refractivity contribution in [2.75, 3.05) is 7.11 Å². The largest absolute Gasteiger partial charge is 0.469 e. The summed E-state index contributed by atoms with van der Waals surface area (Å²) in [5, 5.41) is 0.525. The minimum Gasteiger partial charge on any atom is -0.469 e. The van der Waals surface area contributed by atoms with Gasteiger partial charge in [-0.25, -0.2) is 4.39 Å². The van der Waals surface area contributed by atoms with E-state index in [0.717, 1.165) is 5.56 Å². The third-order valence-corrected chi connectivity index (χ3v) is 2.51. The SMILES string of the molecule is COC(=O)Cc1c(F)cccc1CBr. The van der Waals surface area contributed by atoms with Crippen LogP contribution in [0.4, 0.5) is 4.39 Å². The summed E-state index contributed by atoms with van der Waals surface area (Å²) in [4.78, 5) is 11.0. The van der Waals surface area contributed by atoms with Crippen LogP contribution in [0.25, 0.3) is 0 Å². The molecule has 0 amide bonds. The van der Waals surface area contributed by atoms with Gasteiger partial charge in [0.05, 0.1) is 13.5 Å². The van der Waals surface area contributed by atoms with E-state index >= 15 is 0 Å². The lowest BCUT2D eigenvalue weighted by molar-refractivity contribution is -0.139. The lowest BCUT2D eigenvalue weighted by atomic mass is 10.1. The van der Waals surface area contributed by atoms with Crippen molar-refractivity contribution in [3.8, 4) is 0 Å². The quantitative estimate of drug-likeness (QED) is 0.617. The summed E-state index contributed by atoms with van der Waals surface area (Å²) < 4.78 is 17.8. The van der Waals surface area contributed by atoms with Crippen LogP contribution in [0.3, 0.4) is 0 Å². The lowest BCUT2D eigenvalue weighted by Gasteiger charge is -2.06. The van der Waals surface area contributed by atoms with Crippen molar-refractivity contribution in [3.05, 3.63) is 35.1 Å². The number of rotatable bonds is 3. The Bertz CT molecular complexity index is 339. The van der Waals surface area contributed by atoms with Crippen LogP contribution >= 0.6 is 15.9 Å². The molecule has 1 rings (SSSR count). The molecular weight excluding hydrogens is 251 g/mol. The van der Waals surface area contributed by atoms with Gasteiger partial charge in [-0.2, -0.15) is 0 Å². The fraction of sp³-hybridized carbons (Fsp3) is 0.300. The Morgan fingerprint density at radius 1 is 1.57 bits per heavy atom. The van der Waals surface area contributed by atoms with E-state index in [2.05, 4.69) is 20.7 Å². The minimum absolute atomic E-state index is 0.0237. The Balaban J connectivity index is 2.98. The van der Waals surface area contributed by atoms with Gasteiger partial charge in [0.15, 0.2) is 0 Å². The third-order valence-electron chi connectivity index (χ3n) is 1.91. The fourth-order valence-electron chi connectivity index (χ4n) is 1.14. The average Bonchev–Trinajstić information content (AvgIpc) is 2.20. The van der Waals surface area contributed by atoms with E-state index in [1.54, 1.807) is 12.1 Å². The van der Waals surface area contributed by atoms with Crippen LogP contribution in [-0.4, -0.2) is 13.1 Å². The van der Waals surface area contributed by atoms with E-state index in [1.165, 1.54) is 13.2 Å². The number of alkyl halides is 1. The van der Waals surface area contributed by atoms with Gasteiger partial charge in [0.2, 0.25) is 0 Å². The molecule has 0 saturated carbocycles. The fourth-order valence-corrected chi connectivity index (χ4v) is 1.67. The van der Waals surface area contributed by atoms with Crippen molar-refractivity contribution in [2.24, 2.45) is 0 Å². The first-order valence-electron chi connectivity index (χ1n) is 4.08. The highest BCUT2D eigenvalue weighted by Gasteiger charge is 2.11. The summed E-state index contributed by atoms with van der Waals surface area (Å²) in [7, 11) is 1.29. The summed E-state index contributed by atoms with van der Waals surface area (Å²) >= 11 is 3.24. The number of benzene rings is 1. The van der Waals surface area contributed by atoms with E-state index in [1.807, 2.05) is 0 Å². The zero-order valence-corrected chi connectivity index (χ0v) is 9.30. The molecular formula is C10H10BrFO2. The molecule has 0 saturated heterocycles. The number of halogens is 2. The molecule has 0 spiro atoms. The molecule has 0 N–H and O–H groups in total. The summed E-state index contributed by atoms with van der Waals surface area (Å²) in [6.07, 6.45) is -0.0237. The van der Waals surface area contributed by atoms with Crippen molar-refractivity contribution >= 4 is 21.9 Å². The molecule has 0 unspecified atom stereocenters. The number of hydrogen-bond acceptors (Lipinski definition) is 2. The monoisotopic (exact) mass is 260 g/mol. The first-order valence-corrected chi connectivity index (χ1v) is 5.20. The Hall–Kier alpha value is -0.900. The Morgan fingerprint density at radius 3 is 2.86 bits per heavy atom. The van der Waals surface area contributed by atoms with Crippen molar-refractivity contribution < 1.29 is 13.9 Å². The van der Waals surface area contributed by atoms with Crippen molar-refractivity contribution in [2.45, 2.75) is 11.8 Å². The van der Waals surface area contributed by atoms with E-state index in [-0.39, 0.29) is 12.2 Å². The maximum Gasteiger partial charge on any atom is 0.310 e. The molecule has 14 heavy (non-hydrogen) atoms. The van der Waals surface area contributed by atoms with Crippen LogP contribution < -0.4 is 0 Å². The highest BCUT2D eigenvalue weighted by Crippen LogP contribution is 2.17. The van der Waals surface area contributed by atoms with Crippen LogP contribution in [0.15, 0.2) is 18.2 Å². The molecule has 1 aromatic carbocycles. The van der Waals surface area contributed by atoms with Gasteiger partial charge < -0.3 is 4.74 Å². The number of ether oxygens (including phenoxy) is 1. The lowest BCUT2D eigenvalue weighted by Crippen LogP contribution is -2.08. The number of carbonyl (C=O) groups excluding carboxylic acids is 1. The van der Waals surface area contributed by atoms with Crippen LogP contribution in [0.2, 0.25) is 0 Å². The molecule has 0 aliphatic carbocycles. The second kappa shape index (κ2) is 5.10. The standard InChI is InChI=1S/C10H10BrFO2/c1-14-10(13)5-8-7(6-11)3-2-4-9(8)12/h2-4H,5-6H2,1H3. The van der Waals surface area contributed by atoms with Gasteiger partial charge in [-0.05, 0) is 11.6 Å².